The molecule has 2 aromatic heterocycles. The van der Waals surface area contributed by atoms with E-state index in [-0.39, 0.29) is 12.2 Å². The highest BCUT2D eigenvalue weighted by Crippen LogP contribution is 2.31. The average molecular weight is 591 g/mol. The Hall–Kier alpha value is -5.02. The van der Waals surface area contributed by atoms with Crippen LogP contribution in [-0.4, -0.2) is 34.0 Å². The predicted molar refractivity (Wildman–Crippen MR) is 167 cm³/mol. The molecule has 1 aliphatic heterocycles. The number of para-hydroxylation sites is 1. The van der Waals surface area contributed by atoms with Gasteiger partial charge in [0.25, 0.3) is 5.56 Å². The first-order valence-corrected chi connectivity index (χ1v) is 14.8. The summed E-state index contributed by atoms with van der Waals surface area (Å²) in [4.78, 5) is 32.6. The third-order valence-corrected chi connectivity index (χ3v) is 8.31. The summed E-state index contributed by atoms with van der Waals surface area (Å²) < 4.78 is 14.7. The molecular weight excluding hydrogens is 560 g/mol. The zero-order valence-electron chi connectivity index (χ0n) is 24.3. The van der Waals surface area contributed by atoms with Crippen molar-refractivity contribution < 1.29 is 14.3 Å². The highest BCUT2D eigenvalue weighted by atomic mass is 32.1. The van der Waals surface area contributed by atoms with Crippen molar-refractivity contribution in [3.63, 3.8) is 0 Å². The SMILES string of the molecule is CCOC(=O)C1=C(C)N=c2s/c(=C\c3cn(-c4ccccc4)nc3-c3ccc(OC)cc3)c(=O)n2C1c1ccc(C)cc1. The molecular formula is C34H30N4O4S. The van der Waals surface area contributed by atoms with E-state index >= 15 is 0 Å². The van der Waals surface area contributed by atoms with E-state index in [0.29, 0.717) is 20.6 Å². The van der Waals surface area contributed by atoms with E-state index in [1.165, 1.54) is 11.3 Å². The first-order chi connectivity index (χ1) is 20.9. The van der Waals surface area contributed by atoms with Crippen molar-refractivity contribution in [2.45, 2.75) is 26.8 Å². The van der Waals surface area contributed by atoms with Crippen LogP contribution in [0.3, 0.4) is 0 Å². The van der Waals surface area contributed by atoms with Crippen molar-refractivity contribution in [2.24, 2.45) is 4.99 Å². The number of fused-ring (bicyclic) bond motifs is 1. The van der Waals surface area contributed by atoms with E-state index in [1.54, 1.807) is 30.2 Å². The van der Waals surface area contributed by atoms with Gasteiger partial charge in [0.1, 0.15) is 11.4 Å². The molecule has 9 heteroatoms. The summed E-state index contributed by atoms with van der Waals surface area (Å²) in [7, 11) is 1.63. The predicted octanol–water partition coefficient (Wildman–Crippen LogP) is 4.97. The Labute approximate surface area is 252 Å². The van der Waals surface area contributed by atoms with Gasteiger partial charge in [-0.25, -0.2) is 14.5 Å². The van der Waals surface area contributed by atoms with E-state index in [2.05, 4.69) is 0 Å². The summed E-state index contributed by atoms with van der Waals surface area (Å²) in [6.07, 6.45) is 3.77. The van der Waals surface area contributed by atoms with Crippen molar-refractivity contribution in [2.75, 3.05) is 13.7 Å². The Morgan fingerprint density at radius 1 is 1.00 bits per heavy atom. The van der Waals surface area contributed by atoms with Crippen molar-refractivity contribution >= 4 is 23.4 Å². The highest BCUT2D eigenvalue weighted by Gasteiger charge is 2.33. The van der Waals surface area contributed by atoms with Gasteiger partial charge in [0, 0.05) is 17.3 Å². The summed E-state index contributed by atoms with van der Waals surface area (Å²) >= 11 is 1.29. The van der Waals surface area contributed by atoms with Crippen LogP contribution in [0.1, 0.15) is 36.6 Å². The Bertz CT molecular complexity index is 2020. The number of rotatable bonds is 7. The van der Waals surface area contributed by atoms with Gasteiger partial charge >= 0.3 is 5.97 Å². The lowest BCUT2D eigenvalue weighted by atomic mass is 9.95. The number of carbonyl (C=O) groups is 1. The molecule has 3 heterocycles. The van der Waals surface area contributed by atoms with Gasteiger partial charge in [0.2, 0.25) is 0 Å². The summed E-state index contributed by atoms with van der Waals surface area (Å²) in [5.74, 6) is 0.263. The lowest BCUT2D eigenvalue weighted by Gasteiger charge is -2.24. The molecule has 0 saturated heterocycles. The van der Waals surface area contributed by atoms with E-state index in [9.17, 15) is 9.59 Å². The molecule has 1 aliphatic rings. The topological polar surface area (TPSA) is 87.7 Å². The Morgan fingerprint density at radius 3 is 2.40 bits per heavy atom. The minimum absolute atomic E-state index is 0.222. The van der Waals surface area contributed by atoms with Crippen LogP contribution in [0.25, 0.3) is 23.0 Å². The Kier molecular flexibility index (Phi) is 7.65. The second-order valence-electron chi connectivity index (χ2n) is 10.2. The van der Waals surface area contributed by atoms with Crippen molar-refractivity contribution in [1.29, 1.82) is 0 Å². The number of thiazole rings is 1. The molecule has 0 amide bonds. The van der Waals surface area contributed by atoms with Gasteiger partial charge in [0.15, 0.2) is 4.80 Å². The summed E-state index contributed by atoms with van der Waals surface area (Å²) in [6, 6.07) is 24.7. The van der Waals surface area contributed by atoms with Crippen LogP contribution >= 0.6 is 11.3 Å². The van der Waals surface area contributed by atoms with Crippen LogP contribution in [0.15, 0.2) is 106 Å². The molecule has 0 saturated carbocycles. The first-order valence-electron chi connectivity index (χ1n) is 13.9. The number of benzene rings is 3. The number of aromatic nitrogens is 3. The lowest BCUT2D eigenvalue weighted by molar-refractivity contribution is -0.139. The number of allylic oxidation sites excluding steroid dienone is 1. The molecule has 1 atom stereocenters. The number of nitrogens with zero attached hydrogens (tertiary/aromatic N) is 4. The van der Waals surface area contributed by atoms with Crippen LogP contribution < -0.4 is 19.6 Å². The second kappa shape index (κ2) is 11.7. The number of carbonyl (C=O) groups excluding carboxylic acids is 1. The van der Waals surface area contributed by atoms with Gasteiger partial charge in [-0.05, 0) is 68.8 Å². The maximum atomic E-state index is 14.2. The van der Waals surface area contributed by atoms with Crippen molar-refractivity contribution in [3.8, 4) is 22.7 Å². The summed E-state index contributed by atoms with van der Waals surface area (Å²) in [5.41, 5.74) is 5.82. The fraction of sp³-hybridized carbons (Fsp3) is 0.176. The Balaban J connectivity index is 1.55. The number of aryl methyl sites for hydroxylation is 1. The molecule has 0 bridgehead atoms. The first kappa shape index (κ1) is 28.1. The molecule has 0 fully saturated rings. The van der Waals surface area contributed by atoms with E-state index < -0.39 is 12.0 Å². The number of hydrogen-bond acceptors (Lipinski definition) is 7. The maximum Gasteiger partial charge on any atom is 0.338 e. The van der Waals surface area contributed by atoms with E-state index in [4.69, 9.17) is 19.6 Å². The molecule has 0 spiro atoms. The van der Waals surface area contributed by atoms with Crippen LogP contribution in [0.2, 0.25) is 0 Å². The number of ether oxygens (including phenoxy) is 2. The van der Waals surface area contributed by atoms with Crippen LogP contribution in [-0.2, 0) is 9.53 Å². The molecule has 0 aliphatic carbocycles. The van der Waals surface area contributed by atoms with Gasteiger partial charge < -0.3 is 9.47 Å². The number of hydrogen-bond donors (Lipinski definition) is 0. The minimum Gasteiger partial charge on any atom is -0.497 e. The van der Waals surface area contributed by atoms with Gasteiger partial charge in [-0.15, -0.1) is 0 Å². The zero-order valence-corrected chi connectivity index (χ0v) is 25.1. The van der Waals surface area contributed by atoms with E-state index in [0.717, 1.165) is 39.4 Å². The minimum atomic E-state index is -0.661. The molecule has 0 radical (unpaired) electrons. The Morgan fingerprint density at radius 2 is 1.72 bits per heavy atom. The van der Waals surface area contributed by atoms with Crippen LogP contribution in [0.5, 0.6) is 5.75 Å². The number of esters is 1. The van der Waals surface area contributed by atoms with Crippen LogP contribution in [0.4, 0.5) is 0 Å². The highest BCUT2D eigenvalue weighted by molar-refractivity contribution is 7.07. The third kappa shape index (κ3) is 5.35. The third-order valence-electron chi connectivity index (χ3n) is 7.32. The molecule has 43 heavy (non-hydrogen) atoms. The molecule has 8 nitrogen and oxygen atoms in total. The molecule has 6 rings (SSSR count). The molecule has 3 aromatic carbocycles. The van der Waals surface area contributed by atoms with E-state index in [1.807, 2.05) is 98.1 Å². The van der Waals surface area contributed by atoms with Gasteiger partial charge in [-0.2, -0.15) is 5.10 Å². The number of methoxy groups -OCH3 is 1. The standard InChI is InChI=1S/C34H30N4O4S/c1-5-42-33(40)29-22(3)35-34-38(31(29)24-13-11-21(2)12-14-24)32(39)28(43-34)19-25-20-37(26-9-7-6-8-10-26)36-30(25)23-15-17-27(41-4)18-16-23/h6-20,31H,5H2,1-4H3/b28-19-. The second-order valence-corrected chi connectivity index (χ2v) is 11.2. The quantitative estimate of drug-likeness (QED) is 0.250. The molecule has 216 valence electrons. The molecule has 1 unspecified atom stereocenters. The van der Waals surface area contributed by atoms with Crippen LogP contribution in [0, 0.1) is 6.92 Å². The summed E-state index contributed by atoms with van der Waals surface area (Å²) in [5, 5.41) is 4.90. The van der Waals surface area contributed by atoms with Gasteiger partial charge in [-0.1, -0.05) is 59.4 Å². The molecule has 0 N–H and O–H groups in total. The monoisotopic (exact) mass is 590 g/mol. The summed E-state index contributed by atoms with van der Waals surface area (Å²) in [6.45, 7) is 5.77. The zero-order chi connectivity index (χ0) is 30.1. The molecule has 5 aromatic rings. The average Bonchev–Trinajstić information content (AvgIpc) is 3.58. The van der Waals surface area contributed by atoms with Crippen molar-refractivity contribution in [1.82, 2.24) is 14.3 Å². The van der Waals surface area contributed by atoms with Crippen molar-refractivity contribution in [3.05, 3.63) is 133 Å². The van der Waals surface area contributed by atoms with Gasteiger partial charge in [0.05, 0.1) is 41.2 Å². The lowest BCUT2D eigenvalue weighted by Crippen LogP contribution is -2.39. The largest absolute Gasteiger partial charge is 0.497 e. The maximum absolute atomic E-state index is 14.2. The fourth-order valence-electron chi connectivity index (χ4n) is 5.18. The fourth-order valence-corrected chi connectivity index (χ4v) is 6.21. The van der Waals surface area contributed by atoms with Gasteiger partial charge in [-0.3, -0.25) is 9.36 Å². The normalized spacial score (nSPS) is 14.8. The smallest absolute Gasteiger partial charge is 0.338 e.